The molecule has 2 aliphatic rings. The van der Waals surface area contributed by atoms with Crippen LogP contribution < -0.4 is 5.32 Å². The van der Waals surface area contributed by atoms with Crippen LogP contribution in [0.4, 0.5) is 0 Å². The monoisotopic (exact) mass is 291 g/mol. The molecule has 5 heteroatoms. The fraction of sp³-hybridized carbons (Fsp3) is 0.750. The highest BCUT2D eigenvalue weighted by Gasteiger charge is 2.25. The lowest BCUT2D eigenvalue weighted by Crippen LogP contribution is -2.38. The second kappa shape index (κ2) is 6.18. The number of hydrogen-bond acceptors (Lipinski definition) is 3. The van der Waals surface area contributed by atoms with Gasteiger partial charge in [-0.05, 0) is 45.4 Å². The first-order valence-electron chi connectivity index (χ1n) is 8.18. The molecular formula is C16H25N3O2. The summed E-state index contributed by atoms with van der Waals surface area (Å²) in [5.41, 5.74) is 1.68. The number of hydrogen-bond donors (Lipinski definition) is 2. The minimum Gasteiger partial charge on any atom is -0.393 e. The standard InChI is InChI=1S/C16H25N3O2/c1-11-15(10-17-19(11)13-4-2-3-5-13)16(21)18-12-6-8-14(20)9-7-12/h10,12-14,20H,2-9H2,1H3,(H,18,21). The Morgan fingerprint density at radius 2 is 1.90 bits per heavy atom. The van der Waals surface area contributed by atoms with Crippen LogP contribution in [0.2, 0.25) is 0 Å². The summed E-state index contributed by atoms with van der Waals surface area (Å²) in [7, 11) is 0. The first-order valence-corrected chi connectivity index (χ1v) is 8.18. The summed E-state index contributed by atoms with van der Waals surface area (Å²) in [5, 5.41) is 17.1. The van der Waals surface area contributed by atoms with Crippen molar-refractivity contribution in [3.63, 3.8) is 0 Å². The number of carbonyl (C=O) groups is 1. The van der Waals surface area contributed by atoms with Gasteiger partial charge in [0.2, 0.25) is 0 Å². The van der Waals surface area contributed by atoms with E-state index in [0.717, 1.165) is 31.4 Å². The maximum atomic E-state index is 12.4. The number of aliphatic hydroxyl groups is 1. The molecule has 116 valence electrons. The van der Waals surface area contributed by atoms with Crippen LogP contribution in [0.5, 0.6) is 0 Å². The van der Waals surface area contributed by atoms with Gasteiger partial charge in [-0.25, -0.2) is 0 Å². The molecular weight excluding hydrogens is 266 g/mol. The zero-order chi connectivity index (χ0) is 14.8. The zero-order valence-corrected chi connectivity index (χ0v) is 12.7. The smallest absolute Gasteiger partial charge is 0.254 e. The van der Waals surface area contributed by atoms with Crippen LogP contribution >= 0.6 is 0 Å². The fourth-order valence-electron chi connectivity index (χ4n) is 3.65. The maximum Gasteiger partial charge on any atom is 0.254 e. The first kappa shape index (κ1) is 14.6. The molecule has 2 aliphatic carbocycles. The molecule has 0 saturated heterocycles. The molecule has 3 rings (SSSR count). The molecule has 2 N–H and O–H groups in total. The van der Waals surface area contributed by atoms with Crippen LogP contribution in [0.3, 0.4) is 0 Å². The van der Waals surface area contributed by atoms with Crippen molar-refractivity contribution in [3.8, 4) is 0 Å². The molecule has 2 saturated carbocycles. The van der Waals surface area contributed by atoms with E-state index in [1.165, 1.54) is 25.7 Å². The van der Waals surface area contributed by atoms with E-state index in [4.69, 9.17) is 0 Å². The Morgan fingerprint density at radius 3 is 2.57 bits per heavy atom. The van der Waals surface area contributed by atoms with Gasteiger partial charge in [0, 0.05) is 11.7 Å². The van der Waals surface area contributed by atoms with E-state index in [1.807, 2.05) is 11.6 Å². The normalized spacial score (nSPS) is 27.0. The van der Waals surface area contributed by atoms with Crippen LogP contribution in [0, 0.1) is 6.92 Å². The van der Waals surface area contributed by atoms with Crippen molar-refractivity contribution in [1.29, 1.82) is 0 Å². The third-order valence-electron chi connectivity index (χ3n) is 4.99. The summed E-state index contributed by atoms with van der Waals surface area (Å²) in [5.74, 6) is -0.0156. The molecule has 0 spiro atoms. The minimum absolute atomic E-state index is 0.0156. The summed E-state index contributed by atoms with van der Waals surface area (Å²) in [6.07, 6.45) is 9.67. The van der Waals surface area contributed by atoms with Crippen LogP contribution in [0.25, 0.3) is 0 Å². The second-order valence-corrected chi connectivity index (χ2v) is 6.51. The quantitative estimate of drug-likeness (QED) is 0.898. The molecule has 0 aliphatic heterocycles. The van der Waals surface area contributed by atoms with Gasteiger partial charge in [0.05, 0.1) is 23.9 Å². The van der Waals surface area contributed by atoms with E-state index in [-0.39, 0.29) is 18.1 Å². The number of aliphatic hydroxyl groups excluding tert-OH is 1. The molecule has 0 bridgehead atoms. The molecule has 0 atom stereocenters. The molecule has 1 amide bonds. The highest BCUT2D eigenvalue weighted by molar-refractivity contribution is 5.95. The Balaban J connectivity index is 1.64. The van der Waals surface area contributed by atoms with E-state index >= 15 is 0 Å². The topological polar surface area (TPSA) is 67.2 Å². The van der Waals surface area contributed by atoms with Gasteiger partial charge >= 0.3 is 0 Å². The van der Waals surface area contributed by atoms with Crippen molar-refractivity contribution in [1.82, 2.24) is 15.1 Å². The highest BCUT2D eigenvalue weighted by atomic mass is 16.3. The lowest BCUT2D eigenvalue weighted by Gasteiger charge is -2.26. The Bertz CT molecular complexity index is 498. The van der Waals surface area contributed by atoms with Gasteiger partial charge in [0.15, 0.2) is 0 Å². The zero-order valence-electron chi connectivity index (χ0n) is 12.7. The van der Waals surface area contributed by atoms with Crippen molar-refractivity contribution in [2.24, 2.45) is 0 Å². The van der Waals surface area contributed by atoms with Crippen LogP contribution in [0.15, 0.2) is 6.20 Å². The lowest BCUT2D eigenvalue weighted by atomic mass is 9.93. The summed E-state index contributed by atoms with van der Waals surface area (Å²) in [6.45, 7) is 1.99. The summed E-state index contributed by atoms with van der Waals surface area (Å²) >= 11 is 0. The van der Waals surface area contributed by atoms with Gasteiger partial charge in [0.25, 0.3) is 5.91 Å². The maximum absolute atomic E-state index is 12.4. The first-order chi connectivity index (χ1) is 10.1. The number of nitrogens with one attached hydrogen (secondary N) is 1. The molecule has 21 heavy (non-hydrogen) atoms. The Morgan fingerprint density at radius 1 is 1.24 bits per heavy atom. The van der Waals surface area contributed by atoms with Crippen molar-refractivity contribution in [3.05, 3.63) is 17.5 Å². The molecule has 0 aromatic carbocycles. The molecule has 1 aromatic heterocycles. The van der Waals surface area contributed by atoms with E-state index in [9.17, 15) is 9.90 Å². The Hall–Kier alpha value is -1.36. The number of rotatable bonds is 3. The van der Waals surface area contributed by atoms with Crippen LogP contribution in [-0.4, -0.2) is 32.9 Å². The van der Waals surface area contributed by atoms with E-state index in [1.54, 1.807) is 6.20 Å². The van der Waals surface area contributed by atoms with Gasteiger partial charge < -0.3 is 10.4 Å². The van der Waals surface area contributed by atoms with Gasteiger partial charge in [0.1, 0.15) is 0 Å². The van der Waals surface area contributed by atoms with Crippen molar-refractivity contribution >= 4 is 5.91 Å². The van der Waals surface area contributed by atoms with E-state index in [2.05, 4.69) is 10.4 Å². The third kappa shape index (κ3) is 3.12. The molecule has 0 radical (unpaired) electrons. The van der Waals surface area contributed by atoms with Gasteiger partial charge in [-0.15, -0.1) is 0 Å². The predicted octanol–water partition coefficient (Wildman–Crippen LogP) is 2.34. The van der Waals surface area contributed by atoms with Crippen molar-refractivity contribution in [2.75, 3.05) is 0 Å². The Kier molecular flexibility index (Phi) is 4.29. The molecule has 5 nitrogen and oxygen atoms in total. The number of carbonyl (C=O) groups excluding carboxylic acids is 1. The summed E-state index contributed by atoms with van der Waals surface area (Å²) < 4.78 is 2.03. The van der Waals surface area contributed by atoms with Gasteiger partial charge in [-0.3, -0.25) is 9.48 Å². The molecule has 1 aromatic rings. The highest BCUT2D eigenvalue weighted by Crippen LogP contribution is 2.30. The van der Waals surface area contributed by atoms with Gasteiger partial charge in [-0.2, -0.15) is 5.10 Å². The van der Waals surface area contributed by atoms with E-state index < -0.39 is 0 Å². The minimum atomic E-state index is -0.190. The molecule has 2 fully saturated rings. The third-order valence-corrected chi connectivity index (χ3v) is 4.99. The van der Waals surface area contributed by atoms with Crippen molar-refractivity contribution in [2.45, 2.75) is 76.5 Å². The summed E-state index contributed by atoms with van der Waals surface area (Å²) in [6, 6.07) is 0.659. The lowest BCUT2D eigenvalue weighted by molar-refractivity contribution is 0.0867. The fourth-order valence-corrected chi connectivity index (χ4v) is 3.65. The van der Waals surface area contributed by atoms with Crippen LogP contribution in [-0.2, 0) is 0 Å². The average Bonchev–Trinajstić information content (AvgIpc) is 3.10. The average molecular weight is 291 g/mol. The SMILES string of the molecule is Cc1c(C(=O)NC2CCC(O)CC2)cnn1C1CCCC1. The molecule has 1 heterocycles. The van der Waals surface area contributed by atoms with E-state index in [0.29, 0.717) is 11.6 Å². The van der Waals surface area contributed by atoms with Crippen LogP contribution in [0.1, 0.15) is 73.5 Å². The second-order valence-electron chi connectivity index (χ2n) is 6.51. The number of aromatic nitrogens is 2. The summed E-state index contributed by atoms with van der Waals surface area (Å²) in [4.78, 5) is 12.4. The molecule has 0 unspecified atom stereocenters. The van der Waals surface area contributed by atoms with Gasteiger partial charge in [-0.1, -0.05) is 12.8 Å². The van der Waals surface area contributed by atoms with Crippen molar-refractivity contribution < 1.29 is 9.90 Å². The number of nitrogens with zero attached hydrogens (tertiary/aromatic N) is 2. The Labute approximate surface area is 125 Å². The predicted molar refractivity (Wildman–Crippen MR) is 80.2 cm³/mol. The number of amides is 1. The largest absolute Gasteiger partial charge is 0.393 e.